The molecule has 0 aromatic heterocycles. The first kappa shape index (κ1) is 14.7. The number of carbonyl (C=O) groups is 2. The lowest BCUT2D eigenvalue weighted by Crippen LogP contribution is -2.53. The topological polar surface area (TPSA) is 96.4 Å². The molecule has 0 fully saturated rings. The summed E-state index contributed by atoms with van der Waals surface area (Å²) in [4.78, 5) is 29.2. The van der Waals surface area contributed by atoms with Crippen molar-refractivity contribution in [2.45, 2.75) is 13.8 Å². The Hall–Kier alpha value is -1.69. The third kappa shape index (κ3) is 1.95. The molecule has 106 valence electrons. The number of Topliss-reactive ketones (excluding diaryl/α,β-unsaturated/α-hetero) is 1. The van der Waals surface area contributed by atoms with Crippen LogP contribution in [-0.4, -0.2) is 30.2 Å². The molecule has 2 unspecified atom stereocenters. The van der Waals surface area contributed by atoms with Crippen LogP contribution in [-0.2, 0) is 9.59 Å². The second-order valence-electron chi connectivity index (χ2n) is 5.26. The fourth-order valence-electron chi connectivity index (χ4n) is 2.78. The molecular formula is C14H17N3O2S. The van der Waals surface area contributed by atoms with E-state index in [1.165, 1.54) is 6.08 Å². The fourth-order valence-corrected chi connectivity index (χ4v) is 3.27. The van der Waals surface area contributed by atoms with Crippen LogP contribution in [0.5, 0.6) is 0 Å². The largest absolute Gasteiger partial charge is 0.369 e. The molecule has 2 rings (SSSR count). The lowest BCUT2D eigenvalue weighted by atomic mass is 9.63. The zero-order valence-corrected chi connectivity index (χ0v) is 12.3. The number of rotatable bonds is 2. The monoisotopic (exact) mass is 291 g/mol. The van der Waals surface area contributed by atoms with Crippen LogP contribution < -0.4 is 5.73 Å². The van der Waals surface area contributed by atoms with Gasteiger partial charge in [0.05, 0.1) is 18.4 Å². The number of ketones is 1. The minimum atomic E-state index is -1.17. The van der Waals surface area contributed by atoms with Crippen LogP contribution in [0.4, 0.5) is 0 Å². The number of hydrogen-bond acceptors (Lipinski definition) is 5. The Bertz CT molecular complexity index is 591. The summed E-state index contributed by atoms with van der Waals surface area (Å²) in [6.45, 7) is 3.57. The third-order valence-electron chi connectivity index (χ3n) is 4.18. The van der Waals surface area contributed by atoms with Crippen molar-refractivity contribution < 1.29 is 9.59 Å². The van der Waals surface area contributed by atoms with Gasteiger partial charge in [-0.05, 0) is 30.9 Å². The molecule has 5 nitrogen and oxygen atoms in total. The van der Waals surface area contributed by atoms with E-state index in [-0.39, 0.29) is 18.0 Å². The van der Waals surface area contributed by atoms with Crippen LogP contribution in [0.15, 0.2) is 27.6 Å². The average molecular weight is 291 g/mol. The van der Waals surface area contributed by atoms with Crippen molar-refractivity contribution in [3.05, 3.63) is 22.6 Å². The predicted molar refractivity (Wildman–Crippen MR) is 81.2 cm³/mol. The molecule has 0 aromatic carbocycles. The smallest absolute Gasteiger partial charge is 0.230 e. The molecule has 0 saturated carbocycles. The van der Waals surface area contributed by atoms with E-state index in [0.29, 0.717) is 10.5 Å². The number of carbonyl (C=O) groups excluding carboxylic acids is 2. The Labute approximate surface area is 122 Å². The normalized spacial score (nSPS) is 33.8. The molecule has 3 N–H and O–H groups in total. The van der Waals surface area contributed by atoms with E-state index in [1.807, 2.05) is 0 Å². The van der Waals surface area contributed by atoms with Gasteiger partial charge in [0.15, 0.2) is 5.78 Å². The summed E-state index contributed by atoms with van der Waals surface area (Å²) in [6.07, 6.45) is 4.85. The van der Waals surface area contributed by atoms with E-state index in [9.17, 15) is 9.59 Å². The van der Waals surface area contributed by atoms with Gasteiger partial charge < -0.3 is 11.1 Å². The Morgan fingerprint density at radius 1 is 1.60 bits per heavy atom. The van der Waals surface area contributed by atoms with Gasteiger partial charge in [-0.25, -0.2) is 0 Å². The molecule has 0 spiro atoms. The lowest BCUT2D eigenvalue weighted by molar-refractivity contribution is -0.135. The Morgan fingerprint density at radius 2 is 2.25 bits per heavy atom. The highest BCUT2D eigenvalue weighted by molar-refractivity contribution is 7.84. The molecule has 20 heavy (non-hydrogen) atoms. The van der Waals surface area contributed by atoms with Crippen molar-refractivity contribution in [3.63, 3.8) is 0 Å². The van der Waals surface area contributed by atoms with Gasteiger partial charge in [-0.1, -0.05) is 5.57 Å². The molecule has 1 aliphatic heterocycles. The Kier molecular flexibility index (Phi) is 3.69. The minimum Gasteiger partial charge on any atom is -0.369 e. The zero-order chi connectivity index (χ0) is 15.1. The molecule has 0 radical (unpaired) electrons. The van der Waals surface area contributed by atoms with Crippen LogP contribution in [0.3, 0.4) is 0 Å². The molecule has 0 aromatic rings. The number of nitrogens with one attached hydrogen (secondary N) is 1. The van der Waals surface area contributed by atoms with Crippen molar-refractivity contribution in [2.75, 3.05) is 6.54 Å². The van der Waals surface area contributed by atoms with Gasteiger partial charge in [0.1, 0.15) is 5.41 Å². The number of dihydropyridines is 1. The van der Waals surface area contributed by atoms with Crippen LogP contribution >= 0.6 is 12.6 Å². The fraction of sp³-hybridized carbons (Fsp3) is 0.429. The van der Waals surface area contributed by atoms with Crippen LogP contribution in [0.2, 0.25) is 0 Å². The van der Waals surface area contributed by atoms with Gasteiger partial charge in [-0.2, -0.15) is 0 Å². The first-order chi connectivity index (χ1) is 9.32. The minimum absolute atomic E-state index is 0.138. The molecule has 1 amide bonds. The van der Waals surface area contributed by atoms with Gasteiger partial charge in [0, 0.05) is 11.9 Å². The van der Waals surface area contributed by atoms with E-state index < -0.39 is 23.2 Å². The van der Waals surface area contributed by atoms with Gasteiger partial charge in [0.25, 0.3) is 0 Å². The quantitative estimate of drug-likeness (QED) is 0.665. The molecular weight excluding hydrogens is 274 g/mol. The summed E-state index contributed by atoms with van der Waals surface area (Å²) < 4.78 is 0. The molecule has 6 heteroatoms. The highest BCUT2D eigenvalue weighted by atomic mass is 32.1. The summed E-state index contributed by atoms with van der Waals surface area (Å²) in [5.74, 6) is -2.11. The summed E-state index contributed by atoms with van der Waals surface area (Å²) in [6, 6.07) is 0. The second kappa shape index (κ2) is 5.01. The summed E-state index contributed by atoms with van der Waals surface area (Å²) in [5.41, 5.74) is 5.35. The average Bonchev–Trinajstić information content (AvgIpc) is 2.38. The summed E-state index contributed by atoms with van der Waals surface area (Å²) in [7, 11) is 0. The standard InChI is InChI=1S/C14H17N3O2S/c1-7-3-4-17-6-14(7,13(16)19)11-10(20)5-9(15)8(2)12(11)18/h3-5,8,11,15,20H,6H2,1-2H3,(H2,16,19)/t8?,11-,14?/m1/s1. The molecule has 1 heterocycles. The van der Waals surface area contributed by atoms with Crippen molar-refractivity contribution >= 4 is 36.2 Å². The molecule has 2 aliphatic rings. The van der Waals surface area contributed by atoms with Gasteiger partial charge in [0.2, 0.25) is 5.91 Å². The first-order valence-corrected chi connectivity index (χ1v) is 6.77. The van der Waals surface area contributed by atoms with E-state index in [4.69, 9.17) is 11.1 Å². The number of allylic oxidation sites excluding steroid dienone is 3. The molecule has 1 aliphatic carbocycles. The van der Waals surface area contributed by atoms with Crippen molar-refractivity contribution in [3.8, 4) is 0 Å². The SMILES string of the molecule is CC1=CC=NCC1(C(N)=O)[C@H]1C(=O)C(C)C(=N)C=C1S. The summed E-state index contributed by atoms with van der Waals surface area (Å²) in [5, 5.41) is 7.77. The Balaban J connectivity index is 2.62. The number of nitrogens with zero attached hydrogens (tertiary/aromatic N) is 1. The maximum atomic E-state index is 12.6. The van der Waals surface area contributed by atoms with E-state index >= 15 is 0 Å². The predicted octanol–water partition coefficient (Wildman–Crippen LogP) is 1.16. The highest BCUT2D eigenvalue weighted by Gasteiger charge is 2.53. The van der Waals surface area contributed by atoms with Crippen molar-refractivity contribution in [1.82, 2.24) is 0 Å². The molecule has 0 bridgehead atoms. The number of thiol groups is 1. The number of nitrogens with two attached hydrogens (primary N) is 1. The Morgan fingerprint density at radius 3 is 2.80 bits per heavy atom. The highest BCUT2D eigenvalue weighted by Crippen LogP contribution is 2.45. The number of aliphatic imine (C=N–C) groups is 1. The van der Waals surface area contributed by atoms with E-state index in [1.54, 1.807) is 26.1 Å². The number of primary amides is 1. The lowest BCUT2D eigenvalue weighted by Gasteiger charge is -2.41. The third-order valence-corrected chi connectivity index (χ3v) is 4.57. The van der Waals surface area contributed by atoms with Crippen LogP contribution in [0.25, 0.3) is 0 Å². The second-order valence-corrected chi connectivity index (χ2v) is 5.77. The maximum absolute atomic E-state index is 12.6. The number of hydrogen-bond donors (Lipinski definition) is 3. The number of amides is 1. The van der Waals surface area contributed by atoms with E-state index in [0.717, 1.165) is 0 Å². The van der Waals surface area contributed by atoms with Crippen molar-refractivity contribution in [2.24, 2.45) is 28.0 Å². The zero-order valence-electron chi connectivity index (χ0n) is 11.4. The maximum Gasteiger partial charge on any atom is 0.230 e. The molecule has 0 saturated heterocycles. The van der Waals surface area contributed by atoms with Crippen molar-refractivity contribution in [1.29, 1.82) is 5.41 Å². The van der Waals surface area contributed by atoms with Crippen LogP contribution in [0.1, 0.15) is 13.8 Å². The summed E-state index contributed by atoms with van der Waals surface area (Å²) >= 11 is 4.33. The molecule has 3 atom stereocenters. The van der Waals surface area contributed by atoms with Gasteiger partial charge in [-0.3, -0.25) is 14.6 Å². The van der Waals surface area contributed by atoms with Gasteiger partial charge in [-0.15, -0.1) is 12.6 Å². The van der Waals surface area contributed by atoms with E-state index in [2.05, 4.69) is 17.6 Å². The van der Waals surface area contributed by atoms with Gasteiger partial charge >= 0.3 is 0 Å². The first-order valence-electron chi connectivity index (χ1n) is 6.32. The van der Waals surface area contributed by atoms with Crippen LogP contribution in [0, 0.1) is 22.7 Å².